The summed E-state index contributed by atoms with van der Waals surface area (Å²) < 4.78 is 23.0. The molecule has 0 fully saturated rings. The van der Waals surface area contributed by atoms with Crippen LogP contribution in [0.5, 0.6) is 0 Å². The molecule has 143 heavy (non-hydrogen) atoms. The van der Waals surface area contributed by atoms with Gasteiger partial charge in [0.1, 0.15) is 11.2 Å². The van der Waals surface area contributed by atoms with Gasteiger partial charge in [0, 0.05) is 159 Å². The molecule has 0 amide bonds. The number of aromatic nitrogens is 11. The summed E-state index contributed by atoms with van der Waals surface area (Å²) in [6.45, 7) is 4.72. The van der Waals surface area contributed by atoms with Gasteiger partial charge in [-0.3, -0.25) is 13.7 Å². The quantitative estimate of drug-likeness (QED) is 0.133. The highest BCUT2D eigenvalue weighted by atomic mass is 32.1. The Bertz CT molecular complexity index is 10500. The van der Waals surface area contributed by atoms with Crippen molar-refractivity contribution < 1.29 is 4.42 Å². The lowest BCUT2D eigenvalue weighted by atomic mass is 9.80. The van der Waals surface area contributed by atoms with Crippen molar-refractivity contribution in [2.24, 2.45) is 0 Å². The van der Waals surface area contributed by atoms with Crippen molar-refractivity contribution >= 4 is 204 Å². The zero-order valence-electron chi connectivity index (χ0n) is 77.2. The van der Waals surface area contributed by atoms with Crippen LogP contribution in [0.4, 0.5) is 0 Å². The van der Waals surface area contributed by atoms with Gasteiger partial charge in [0.25, 0.3) is 0 Å². The summed E-state index contributed by atoms with van der Waals surface area (Å²) in [5, 5.41) is 19.1. The maximum absolute atomic E-state index is 6.31. The SMILES string of the molecule is CC1(C)c2ccccc2-c2ccc3c(c21)c1ccccc1n3-c1nc(-c2ccccc2)cc(-c2cccc3sc4ccccc4c23)n1.c1ccc(-c2cc(-c3cccc4sc5ccccc5c34)nc(-n3c4ccccc4c4cc5oc6ccccc6c5cc43)n2)cc1.c1ccc(-c2nc(-c3ccc4sc5ccccc5c4c3)nc(-n3c4ccccc4c4c3ccc3c5ccccc5n(-c5ccccc5)c34)n2)cc1. The van der Waals surface area contributed by atoms with Gasteiger partial charge in [-0.05, 0) is 150 Å². The average Bonchev–Trinajstić information content (AvgIpc) is 1.55. The summed E-state index contributed by atoms with van der Waals surface area (Å²) in [5.74, 6) is 3.18. The van der Waals surface area contributed by atoms with Crippen molar-refractivity contribution in [2.75, 3.05) is 0 Å². The van der Waals surface area contributed by atoms with Crippen LogP contribution in [0.15, 0.2) is 447 Å². The van der Waals surface area contributed by atoms with Gasteiger partial charge < -0.3 is 8.98 Å². The zero-order chi connectivity index (χ0) is 94.2. The first kappa shape index (κ1) is 82.1. The fourth-order valence-electron chi connectivity index (χ4n) is 22.5. The predicted octanol–water partition coefficient (Wildman–Crippen LogP) is 34.5. The Kier molecular flexibility index (Phi) is 18.7. The minimum atomic E-state index is -0.145. The van der Waals surface area contributed by atoms with Crippen molar-refractivity contribution in [1.82, 2.24) is 53.2 Å². The van der Waals surface area contributed by atoms with Crippen LogP contribution in [0.3, 0.4) is 0 Å². The van der Waals surface area contributed by atoms with Gasteiger partial charge in [-0.25, -0.2) is 24.9 Å². The molecule has 30 aromatic rings. The number of benzene rings is 19. The number of rotatable bonds is 10. The molecule has 0 unspecified atom stereocenters. The molecule has 0 atom stereocenters. The topological polar surface area (TPSA) is 123 Å². The molecular formula is C128H79N11OS3. The van der Waals surface area contributed by atoms with Gasteiger partial charge >= 0.3 is 0 Å². The van der Waals surface area contributed by atoms with Crippen molar-refractivity contribution in [3.8, 4) is 102 Å². The molecule has 0 radical (unpaired) electrons. The zero-order valence-corrected chi connectivity index (χ0v) is 79.6. The van der Waals surface area contributed by atoms with Crippen LogP contribution >= 0.6 is 34.0 Å². The fourth-order valence-corrected chi connectivity index (χ4v) is 25.9. The Hall–Kier alpha value is -18.0. The standard InChI is InChI=1S/C45H27N5S.C43H29N3S.C40H23N3OS/c1-3-13-28(14-4-1)43-46-44(29-23-26-40-35(27-29)32-18-9-12-22-39(32)51-40)48-45(47-43)50-37-21-11-8-19-34(37)41-38(50)25-24-33-31-17-7-10-20-36(31)49(42(33)41)30-15-5-2-6-16-30;1-43(2)32-19-9-6-15-27(32)28-23-24-36-40(41(28)43)30-16-7-10-20-35(30)46(36)42-44-33(26-13-4-3-5-14-26)25-34(45-42)29-18-12-22-38-39(29)31-17-8-11-21-37(31)47-38;1-2-11-24(12-3-1)31-23-32(27-16-10-20-38-39(27)28-15-6-9-19-37(28)45-38)42-40(41-31)43-33-17-7-4-13-25(33)29-22-36-30(21-34(29)43)26-14-5-8-18-35(26)44-36/h1-27H;3-25H,1-2H3;1-23H. The molecule has 1 aliphatic rings. The number of thiophene rings is 3. The third-order valence-electron chi connectivity index (χ3n) is 28.8. The van der Waals surface area contributed by atoms with Gasteiger partial charge in [0.2, 0.25) is 17.8 Å². The number of furan rings is 1. The van der Waals surface area contributed by atoms with Crippen LogP contribution in [0.25, 0.3) is 272 Å². The third-order valence-corrected chi connectivity index (χ3v) is 32.2. The van der Waals surface area contributed by atoms with E-state index in [1.54, 1.807) is 0 Å². The van der Waals surface area contributed by atoms with Gasteiger partial charge in [-0.2, -0.15) is 9.97 Å². The first-order valence-corrected chi connectivity index (χ1v) is 50.6. The van der Waals surface area contributed by atoms with E-state index in [4.69, 9.17) is 39.3 Å². The molecule has 19 aromatic carbocycles. The molecule has 12 nitrogen and oxygen atoms in total. The highest BCUT2D eigenvalue weighted by Gasteiger charge is 2.39. The van der Waals surface area contributed by atoms with E-state index in [9.17, 15) is 0 Å². The predicted molar refractivity (Wildman–Crippen MR) is 597 cm³/mol. The molecule has 31 rings (SSSR count). The smallest absolute Gasteiger partial charge is 0.238 e. The second-order valence-electron chi connectivity index (χ2n) is 37.2. The van der Waals surface area contributed by atoms with Gasteiger partial charge in [0.15, 0.2) is 11.6 Å². The second kappa shape index (κ2) is 32.6. The van der Waals surface area contributed by atoms with E-state index in [0.717, 1.165) is 138 Å². The molecule has 11 heterocycles. The Morgan fingerprint density at radius 1 is 0.217 bits per heavy atom. The first-order chi connectivity index (χ1) is 70.7. The maximum atomic E-state index is 6.31. The second-order valence-corrected chi connectivity index (χ2v) is 40.5. The molecule has 670 valence electrons. The first-order valence-electron chi connectivity index (χ1n) is 48.1. The van der Waals surface area contributed by atoms with Crippen LogP contribution in [0.2, 0.25) is 0 Å². The molecule has 0 saturated carbocycles. The Balaban J connectivity index is 0.000000102. The van der Waals surface area contributed by atoms with Crippen LogP contribution in [0.1, 0.15) is 25.0 Å². The van der Waals surface area contributed by atoms with Crippen LogP contribution in [0, 0.1) is 0 Å². The highest BCUT2D eigenvalue weighted by Crippen LogP contribution is 2.55. The maximum Gasteiger partial charge on any atom is 0.238 e. The molecule has 0 N–H and O–H groups in total. The van der Waals surface area contributed by atoms with E-state index in [1.807, 2.05) is 70.4 Å². The van der Waals surface area contributed by atoms with Crippen LogP contribution < -0.4 is 0 Å². The summed E-state index contributed by atoms with van der Waals surface area (Å²) in [5.41, 5.74) is 26.7. The molecule has 0 bridgehead atoms. The monoisotopic (exact) mass is 1880 g/mol. The van der Waals surface area contributed by atoms with E-state index < -0.39 is 0 Å². The van der Waals surface area contributed by atoms with E-state index in [2.05, 4.69) is 439 Å². The number of hydrogen-bond acceptors (Lipinski definition) is 11. The fraction of sp³-hybridized carbons (Fsp3) is 0.0234. The van der Waals surface area contributed by atoms with Crippen LogP contribution in [-0.2, 0) is 5.41 Å². The lowest BCUT2D eigenvalue weighted by Gasteiger charge is -2.22. The minimum absolute atomic E-state index is 0.145. The lowest BCUT2D eigenvalue weighted by molar-refractivity contribution is 0.666. The Morgan fingerprint density at radius 3 is 1.26 bits per heavy atom. The van der Waals surface area contributed by atoms with E-state index in [0.29, 0.717) is 29.5 Å². The molecule has 11 aromatic heterocycles. The molecular weight excluding hydrogens is 1800 g/mol. The molecule has 0 saturated heterocycles. The van der Waals surface area contributed by atoms with E-state index in [-0.39, 0.29) is 5.41 Å². The number of nitrogens with zero attached hydrogens (tertiary/aromatic N) is 11. The van der Waals surface area contributed by atoms with Gasteiger partial charge in [-0.15, -0.1) is 34.0 Å². The van der Waals surface area contributed by atoms with E-state index >= 15 is 0 Å². The number of para-hydroxylation sites is 6. The lowest BCUT2D eigenvalue weighted by Crippen LogP contribution is -2.15. The van der Waals surface area contributed by atoms with Crippen molar-refractivity contribution in [3.63, 3.8) is 0 Å². The van der Waals surface area contributed by atoms with Crippen molar-refractivity contribution in [3.05, 3.63) is 454 Å². The average molecular weight is 1880 g/mol. The Morgan fingerprint density at radius 2 is 0.643 bits per heavy atom. The van der Waals surface area contributed by atoms with Gasteiger partial charge in [0.05, 0.1) is 66.9 Å². The third kappa shape index (κ3) is 13.1. The molecule has 0 spiro atoms. The number of hydrogen-bond donors (Lipinski definition) is 0. The molecule has 15 heteroatoms. The summed E-state index contributed by atoms with van der Waals surface area (Å²) in [4.78, 5) is 37.0. The molecule has 0 aliphatic heterocycles. The highest BCUT2D eigenvalue weighted by molar-refractivity contribution is 7.26. The van der Waals surface area contributed by atoms with Crippen LogP contribution in [-0.4, -0.2) is 53.2 Å². The summed E-state index contributed by atoms with van der Waals surface area (Å²) in [6.07, 6.45) is 0. The minimum Gasteiger partial charge on any atom is -0.456 e. The normalized spacial score (nSPS) is 12.5. The summed E-state index contributed by atoms with van der Waals surface area (Å²) >= 11 is 5.47. The Labute approximate surface area is 830 Å². The summed E-state index contributed by atoms with van der Waals surface area (Å²) in [7, 11) is 0. The summed E-state index contributed by atoms with van der Waals surface area (Å²) in [6, 6.07) is 157. The molecule has 1 aliphatic carbocycles. The van der Waals surface area contributed by atoms with E-state index in [1.165, 1.54) is 115 Å². The largest absolute Gasteiger partial charge is 0.456 e. The van der Waals surface area contributed by atoms with Crippen molar-refractivity contribution in [1.29, 1.82) is 0 Å². The number of fused-ring (bicyclic) bond motifs is 29. The van der Waals surface area contributed by atoms with Crippen molar-refractivity contribution in [2.45, 2.75) is 19.3 Å². The van der Waals surface area contributed by atoms with Gasteiger partial charge in [-0.1, -0.05) is 329 Å².